The highest BCUT2D eigenvalue weighted by Gasteiger charge is 2.31. The molecule has 2 aromatic rings. The summed E-state index contributed by atoms with van der Waals surface area (Å²) in [6, 6.07) is 4.87. The highest BCUT2D eigenvalue weighted by molar-refractivity contribution is 5.74. The third kappa shape index (κ3) is 8.40. The molecule has 0 amide bonds. The SMILES string of the molecule is CC.CCOC=O.Cc1c(-c2ccc(C(F)(F)F)cc2O)nnc(NC2CCCN(C)C2)c1C#N. The maximum Gasteiger partial charge on any atom is 0.416 e. The van der Waals surface area contributed by atoms with E-state index in [0.29, 0.717) is 30.5 Å². The van der Waals surface area contributed by atoms with Crippen LogP contribution >= 0.6 is 0 Å². The number of hydrogen-bond acceptors (Lipinski definition) is 8. The number of rotatable bonds is 5. The number of hydrogen-bond donors (Lipinski definition) is 2. The van der Waals surface area contributed by atoms with Gasteiger partial charge in [0, 0.05) is 18.2 Å². The zero-order valence-corrected chi connectivity index (χ0v) is 20.6. The fourth-order valence-electron chi connectivity index (χ4n) is 3.47. The predicted molar refractivity (Wildman–Crippen MR) is 127 cm³/mol. The number of halogens is 3. The third-order valence-electron chi connectivity index (χ3n) is 5.11. The van der Waals surface area contributed by atoms with Gasteiger partial charge in [-0.15, -0.1) is 10.2 Å². The fourth-order valence-corrected chi connectivity index (χ4v) is 3.47. The minimum absolute atomic E-state index is 0.0958. The van der Waals surface area contributed by atoms with Crippen LogP contribution in [0.1, 0.15) is 50.3 Å². The van der Waals surface area contributed by atoms with E-state index in [1.54, 1.807) is 13.8 Å². The number of anilines is 1. The van der Waals surface area contributed by atoms with Crippen molar-refractivity contribution in [2.45, 2.75) is 52.8 Å². The van der Waals surface area contributed by atoms with Gasteiger partial charge < -0.3 is 20.1 Å². The van der Waals surface area contributed by atoms with Gasteiger partial charge in [-0.25, -0.2) is 0 Å². The largest absolute Gasteiger partial charge is 0.507 e. The van der Waals surface area contributed by atoms with Crippen LogP contribution in [0.5, 0.6) is 5.75 Å². The molecule has 35 heavy (non-hydrogen) atoms. The van der Waals surface area contributed by atoms with E-state index in [1.165, 1.54) is 0 Å². The molecular weight excluding hydrogens is 463 g/mol. The summed E-state index contributed by atoms with van der Waals surface area (Å²) in [6.07, 6.45) is -2.59. The summed E-state index contributed by atoms with van der Waals surface area (Å²) < 4.78 is 42.6. The lowest BCUT2D eigenvalue weighted by atomic mass is 10.0. The normalized spacial score (nSPS) is 15.5. The van der Waals surface area contributed by atoms with Crippen molar-refractivity contribution in [2.75, 3.05) is 32.1 Å². The number of alkyl halides is 3. The van der Waals surface area contributed by atoms with Gasteiger partial charge in [-0.05, 0) is 64.0 Å². The van der Waals surface area contributed by atoms with Crippen molar-refractivity contribution in [3.05, 3.63) is 34.9 Å². The van der Waals surface area contributed by atoms with Crippen LogP contribution in [0, 0.1) is 18.3 Å². The molecule has 1 saturated heterocycles. The van der Waals surface area contributed by atoms with E-state index >= 15 is 0 Å². The Balaban J connectivity index is 0.000000779. The molecule has 192 valence electrons. The van der Waals surface area contributed by atoms with E-state index in [1.807, 2.05) is 20.9 Å². The molecule has 1 atom stereocenters. The molecule has 3 rings (SSSR count). The van der Waals surface area contributed by atoms with Gasteiger partial charge in [-0.3, -0.25) is 4.79 Å². The molecule has 1 aliphatic rings. The van der Waals surface area contributed by atoms with Crippen LogP contribution in [0.4, 0.5) is 19.0 Å². The predicted octanol–water partition coefficient (Wildman–Crippen LogP) is 4.76. The minimum Gasteiger partial charge on any atom is -0.507 e. The Morgan fingerprint density at radius 3 is 2.51 bits per heavy atom. The van der Waals surface area contributed by atoms with Gasteiger partial charge in [0.1, 0.15) is 23.1 Å². The first-order valence-electron chi connectivity index (χ1n) is 11.3. The molecule has 0 bridgehead atoms. The number of aromatic nitrogens is 2. The molecule has 0 spiro atoms. The molecule has 1 aliphatic heterocycles. The first kappa shape index (κ1) is 29.6. The number of nitrogens with zero attached hydrogens (tertiary/aromatic N) is 4. The Kier molecular flexibility index (Phi) is 12.0. The molecule has 1 unspecified atom stereocenters. The third-order valence-corrected chi connectivity index (χ3v) is 5.11. The van der Waals surface area contributed by atoms with Crippen molar-refractivity contribution in [1.82, 2.24) is 15.1 Å². The van der Waals surface area contributed by atoms with Gasteiger partial charge in [0.05, 0.1) is 12.2 Å². The summed E-state index contributed by atoms with van der Waals surface area (Å²) in [7, 11) is 2.02. The smallest absolute Gasteiger partial charge is 0.416 e. The number of likely N-dealkylation sites (N-methyl/N-ethyl adjacent to an activating group) is 1. The second-order valence-electron chi connectivity index (χ2n) is 7.54. The number of nitrogens with one attached hydrogen (secondary N) is 1. The first-order chi connectivity index (χ1) is 16.6. The Morgan fingerprint density at radius 2 is 2.03 bits per heavy atom. The lowest BCUT2D eigenvalue weighted by molar-refractivity contribution is -0.137. The Labute approximate surface area is 203 Å². The van der Waals surface area contributed by atoms with Crippen molar-refractivity contribution < 1.29 is 27.8 Å². The average molecular weight is 496 g/mol. The average Bonchev–Trinajstić information content (AvgIpc) is 2.81. The zero-order chi connectivity index (χ0) is 26.6. The van der Waals surface area contributed by atoms with Crippen LogP contribution in [-0.2, 0) is 15.7 Å². The van der Waals surface area contributed by atoms with Crippen LogP contribution in [-0.4, -0.2) is 59.5 Å². The Bertz CT molecular complexity index is 1010. The number of carbonyl (C=O) groups is 1. The molecule has 8 nitrogen and oxygen atoms in total. The van der Waals surface area contributed by atoms with Crippen LogP contribution in [0.3, 0.4) is 0 Å². The minimum atomic E-state index is -4.56. The number of phenolic OH excluding ortho intramolecular Hbond substituents is 1. The van der Waals surface area contributed by atoms with E-state index in [4.69, 9.17) is 0 Å². The van der Waals surface area contributed by atoms with Gasteiger partial charge >= 0.3 is 6.18 Å². The van der Waals surface area contributed by atoms with E-state index in [0.717, 1.165) is 38.1 Å². The molecule has 0 saturated carbocycles. The molecule has 1 aromatic heterocycles. The van der Waals surface area contributed by atoms with Crippen LogP contribution < -0.4 is 5.32 Å². The highest BCUT2D eigenvalue weighted by Crippen LogP contribution is 2.37. The maximum atomic E-state index is 12.8. The number of ether oxygens (including phenoxy) is 1. The molecule has 1 fully saturated rings. The van der Waals surface area contributed by atoms with Gasteiger partial charge in [-0.2, -0.15) is 18.4 Å². The summed E-state index contributed by atoms with van der Waals surface area (Å²) in [5.74, 6) is -0.221. The van der Waals surface area contributed by atoms with Crippen molar-refractivity contribution in [1.29, 1.82) is 5.26 Å². The van der Waals surface area contributed by atoms with E-state index in [2.05, 4.69) is 31.2 Å². The lowest BCUT2D eigenvalue weighted by Gasteiger charge is -2.30. The fraction of sp³-hybridized carbons (Fsp3) is 0.500. The Hall–Kier alpha value is -3.39. The number of benzene rings is 1. The van der Waals surface area contributed by atoms with Crippen molar-refractivity contribution >= 4 is 12.3 Å². The summed E-state index contributed by atoms with van der Waals surface area (Å²) >= 11 is 0. The van der Waals surface area contributed by atoms with E-state index < -0.39 is 17.5 Å². The lowest BCUT2D eigenvalue weighted by Crippen LogP contribution is -2.40. The topological polar surface area (TPSA) is 111 Å². The summed E-state index contributed by atoms with van der Waals surface area (Å²) in [4.78, 5) is 11.4. The summed E-state index contributed by atoms with van der Waals surface area (Å²) in [5, 5.41) is 31.1. The van der Waals surface area contributed by atoms with Crippen LogP contribution in [0.15, 0.2) is 18.2 Å². The number of piperidine rings is 1. The van der Waals surface area contributed by atoms with Gasteiger partial charge in [-0.1, -0.05) is 13.8 Å². The first-order valence-corrected chi connectivity index (χ1v) is 11.3. The van der Waals surface area contributed by atoms with Gasteiger partial charge in [0.25, 0.3) is 6.47 Å². The second kappa shape index (κ2) is 14.1. The molecule has 11 heteroatoms. The van der Waals surface area contributed by atoms with Crippen molar-refractivity contribution in [3.63, 3.8) is 0 Å². The van der Waals surface area contributed by atoms with E-state index in [9.17, 15) is 28.3 Å². The standard InChI is InChI=1S/C19H20F3N5O.C3H6O2.C2H6/c1-11-15(9-23)18(24-13-4-3-7-27(2)10-13)26-25-17(11)14-6-5-12(8-16(14)28)19(20,21)22;1-2-5-3-4;1-2/h5-6,8,13,28H,3-4,7,10H2,1-2H3,(H,24,26);3H,2H2,1H3;1-2H3. The monoisotopic (exact) mass is 495 g/mol. The number of carbonyl (C=O) groups excluding carboxylic acids is 1. The molecule has 0 radical (unpaired) electrons. The van der Waals surface area contributed by atoms with Crippen LogP contribution in [0.2, 0.25) is 0 Å². The molecular formula is C24H32F3N5O3. The van der Waals surface area contributed by atoms with Crippen molar-refractivity contribution in [3.8, 4) is 23.1 Å². The van der Waals surface area contributed by atoms with Crippen LogP contribution in [0.25, 0.3) is 11.3 Å². The second-order valence-corrected chi connectivity index (χ2v) is 7.54. The zero-order valence-electron chi connectivity index (χ0n) is 20.6. The maximum absolute atomic E-state index is 12.8. The highest BCUT2D eigenvalue weighted by atomic mass is 19.4. The molecule has 1 aromatic carbocycles. The van der Waals surface area contributed by atoms with Gasteiger partial charge in [0.15, 0.2) is 5.82 Å². The molecule has 2 heterocycles. The number of aromatic hydroxyl groups is 1. The number of phenols is 1. The van der Waals surface area contributed by atoms with Crippen molar-refractivity contribution in [2.24, 2.45) is 0 Å². The molecule has 2 N–H and O–H groups in total. The van der Waals surface area contributed by atoms with Gasteiger partial charge in [0.2, 0.25) is 0 Å². The summed E-state index contributed by atoms with van der Waals surface area (Å²) in [5.41, 5.74) is 0.0175. The quantitative estimate of drug-likeness (QED) is 0.571. The number of likely N-dealkylation sites (tertiary alicyclic amines) is 1. The molecule has 0 aliphatic carbocycles. The summed E-state index contributed by atoms with van der Waals surface area (Å²) in [6.45, 7) is 10.1. The Morgan fingerprint density at radius 1 is 1.34 bits per heavy atom. The number of nitriles is 1. The van der Waals surface area contributed by atoms with E-state index in [-0.39, 0.29) is 22.9 Å².